The highest BCUT2D eigenvalue weighted by molar-refractivity contribution is 6.03. The number of nitrogens with zero attached hydrogens (tertiary/aromatic N) is 1. The summed E-state index contributed by atoms with van der Waals surface area (Å²) in [5, 5.41) is 38.0. The van der Waals surface area contributed by atoms with E-state index < -0.39 is 24.0 Å². The molecule has 0 aromatic heterocycles. The lowest BCUT2D eigenvalue weighted by atomic mass is 9.78. The third kappa shape index (κ3) is 7.40. The van der Waals surface area contributed by atoms with Crippen molar-refractivity contribution in [3.63, 3.8) is 0 Å². The van der Waals surface area contributed by atoms with Gasteiger partial charge in [-0.25, -0.2) is 4.39 Å². The van der Waals surface area contributed by atoms with Gasteiger partial charge in [0.25, 0.3) is 0 Å². The molecule has 222 valence electrons. The van der Waals surface area contributed by atoms with E-state index in [0.29, 0.717) is 37.7 Å². The Morgan fingerprint density at radius 3 is 1.95 bits per heavy atom. The Labute approximate surface area is 244 Å². The zero-order valence-corrected chi connectivity index (χ0v) is 23.2. The number of rotatable bonds is 15. The molecule has 9 heteroatoms. The first-order valence-corrected chi connectivity index (χ1v) is 14.2. The topological polar surface area (TPSA) is 135 Å². The van der Waals surface area contributed by atoms with Gasteiger partial charge in [0.05, 0.1) is 18.1 Å². The van der Waals surface area contributed by atoms with E-state index in [-0.39, 0.29) is 36.7 Å². The molecule has 4 rings (SSSR count). The number of halogens is 1. The summed E-state index contributed by atoms with van der Waals surface area (Å²) < 4.78 is 13.3. The molecule has 0 radical (unpaired) electrons. The lowest BCUT2D eigenvalue weighted by Gasteiger charge is -2.48. The number of carbonyl (C=O) groups excluding carboxylic acids is 1. The van der Waals surface area contributed by atoms with E-state index in [1.807, 2.05) is 48.5 Å². The fourth-order valence-electron chi connectivity index (χ4n) is 5.54. The molecular formula is C33H36FNO7. The minimum Gasteiger partial charge on any atom is -0.481 e. The SMILES string of the molecule is O=C(O)C(CCCc1ccc([C@@H]2[C@@H](CC[C@H](O)c3ccc(F)cc3)C(=O)N2c2ccc(CCCO)cc2)cc1)C(=O)O. The Morgan fingerprint density at radius 2 is 1.38 bits per heavy atom. The van der Waals surface area contributed by atoms with Crippen LogP contribution in [0.15, 0.2) is 72.8 Å². The van der Waals surface area contributed by atoms with Crippen LogP contribution in [0.5, 0.6) is 0 Å². The van der Waals surface area contributed by atoms with E-state index in [1.54, 1.807) is 17.0 Å². The van der Waals surface area contributed by atoms with Crippen molar-refractivity contribution in [3.8, 4) is 0 Å². The van der Waals surface area contributed by atoms with Gasteiger partial charge >= 0.3 is 11.9 Å². The van der Waals surface area contributed by atoms with Crippen LogP contribution in [0.3, 0.4) is 0 Å². The summed E-state index contributed by atoms with van der Waals surface area (Å²) in [7, 11) is 0. The number of aliphatic carboxylic acids is 2. The second-order valence-electron chi connectivity index (χ2n) is 10.8. The molecular weight excluding hydrogens is 541 g/mol. The van der Waals surface area contributed by atoms with Crippen LogP contribution in [0.2, 0.25) is 0 Å². The molecule has 42 heavy (non-hydrogen) atoms. The molecule has 1 heterocycles. The lowest BCUT2D eigenvalue weighted by Crippen LogP contribution is -2.55. The minimum absolute atomic E-state index is 0.0318. The number of anilines is 1. The predicted molar refractivity (Wildman–Crippen MR) is 154 cm³/mol. The Morgan fingerprint density at radius 1 is 0.810 bits per heavy atom. The molecule has 0 saturated carbocycles. The zero-order valence-electron chi connectivity index (χ0n) is 23.2. The van der Waals surface area contributed by atoms with Gasteiger partial charge in [0.1, 0.15) is 5.82 Å². The first-order valence-electron chi connectivity index (χ1n) is 14.2. The smallest absolute Gasteiger partial charge is 0.317 e. The predicted octanol–water partition coefficient (Wildman–Crippen LogP) is 5.08. The van der Waals surface area contributed by atoms with Gasteiger partial charge in [0.2, 0.25) is 5.91 Å². The average molecular weight is 578 g/mol. The second-order valence-corrected chi connectivity index (χ2v) is 10.8. The van der Waals surface area contributed by atoms with E-state index in [2.05, 4.69) is 0 Å². The number of aliphatic hydroxyl groups is 2. The molecule has 0 unspecified atom stereocenters. The summed E-state index contributed by atoms with van der Waals surface area (Å²) in [4.78, 5) is 37.5. The van der Waals surface area contributed by atoms with Crippen LogP contribution in [-0.4, -0.2) is 44.9 Å². The molecule has 3 atom stereocenters. The minimum atomic E-state index is -1.43. The first kappa shape index (κ1) is 30.9. The van der Waals surface area contributed by atoms with Crippen LogP contribution < -0.4 is 4.90 Å². The quantitative estimate of drug-likeness (QED) is 0.146. The zero-order chi connectivity index (χ0) is 30.2. The fraction of sp³-hybridized carbons (Fsp3) is 0.364. The Kier molecular flexibility index (Phi) is 10.4. The van der Waals surface area contributed by atoms with Crippen LogP contribution in [0.4, 0.5) is 10.1 Å². The Bertz CT molecular complexity index is 1340. The van der Waals surface area contributed by atoms with E-state index >= 15 is 0 Å². The van der Waals surface area contributed by atoms with Crippen LogP contribution >= 0.6 is 0 Å². The monoisotopic (exact) mass is 577 g/mol. The largest absolute Gasteiger partial charge is 0.481 e. The van der Waals surface area contributed by atoms with Crippen molar-refractivity contribution >= 4 is 23.5 Å². The first-order chi connectivity index (χ1) is 20.2. The van der Waals surface area contributed by atoms with Crippen molar-refractivity contribution in [3.05, 3.63) is 101 Å². The van der Waals surface area contributed by atoms with Crippen LogP contribution in [0.1, 0.15) is 66.5 Å². The van der Waals surface area contributed by atoms with Crippen molar-refractivity contribution < 1.29 is 39.2 Å². The number of carboxylic acid groups (broad SMARTS) is 2. The molecule has 1 aliphatic rings. The van der Waals surface area contributed by atoms with Gasteiger partial charge < -0.3 is 25.3 Å². The number of carboxylic acids is 2. The molecule has 3 aromatic carbocycles. The van der Waals surface area contributed by atoms with Gasteiger partial charge in [-0.3, -0.25) is 14.4 Å². The lowest BCUT2D eigenvalue weighted by molar-refractivity contribution is -0.154. The highest BCUT2D eigenvalue weighted by Gasteiger charge is 2.48. The van der Waals surface area contributed by atoms with Crippen LogP contribution in [0, 0.1) is 17.7 Å². The van der Waals surface area contributed by atoms with E-state index in [1.165, 1.54) is 12.1 Å². The van der Waals surface area contributed by atoms with Crippen molar-refractivity contribution in [1.29, 1.82) is 0 Å². The number of amides is 1. The summed E-state index contributed by atoms with van der Waals surface area (Å²) in [6.07, 6.45) is 2.28. The third-order valence-electron chi connectivity index (χ3n) is 7.93. The number of carbonyl (C=O) groups is 3. The second kappa shape index (κ2) is 14.2. The molecule has 1 aliphatic heterocycles. The van der Waals surface area contributed by atoms with Gasteiger partial charge in [0.15, 0.2) is 5.92 Å². The number of aryl methyl sites for hydroxylation is 2. The number of β-lactam (4-membered cyclic amide) rings is 1. The van der Waals surface area contributed by atoms with Gasteiger partial charge in [-0.2, -0.15) is 0 Å². The number of aliphatic hydroxyl groups excluding tert-OH is 2. The molecule has 0 spiro atoms. The summed E-state index contributed by atoms with van der Waals surface area (Å²) >= 11 is 0. The molecule has 8 nitrogen and oxygen atoms in total. The highest BCUT2D eigenvalue weighted by Crippen LogP contribution is 2.46. The summed E-state index contributed by atoms with van der Waals surface area (Å²) in [6, 6.07) is 20.8. The normalized spacial score (nSPS) is 17.2. The molecule has 0 bridgehead atoms. The number of hydrogen-bond acceptors (Lipinski definition) is 5. The van der Waals surface area contributed by atoms with Crippen molar-refractivity contribution in [1.82, 2.24) is 0 Å². The van der Waals surface area contributed by atoms with E-state index in [9.17, 15) is 23.9 Å². The van der Waals surface area contributed by atoms with Crippen molar-refractivity contribution in [2.24, 2.45) is 11.8 Å². The standard InChI is InChI=1S/C33H36FNO7/c34-25-14-12-23(13-15-25)29(37)19-18-27-30(35(31(27)38)26-16-8-22(9-17-26)4-2-20-36)24-10-6-21(7-11-24)3-1-5-28(32(39)40)33(41)42/h6-17,27-30,36-37H,1-5,18-20H2,(H,39,40)(H,41,42)/t27-,29+,30-/m1/s1. The Hall–Kier alpha value is -4.08. The maximum Gasteiger partial charge on any atom is 0.317 e. The van der Waals surface area contributed by atoms with E-state index in [0.717, 1.165) is 28.8 Å². The average Bonchev–Trinajstić information content (AvgIpc) is 2.98. The van der Waals surface area contributed by atoms with Crippen molar-refractivity contribution in [2.45, 2.75) is 57.1 Å². The summed E-state index contributed by atoms with van der Waals surface area (Å²) in [6.45, 7) is 0.107. The third-order valence-corrected chi connectivity index (χ3v) is 7.93. The van der Waals surface area contributed by atoms with Gasteiger partial charge in [-0.15, -0.1) is 0 Å². The molecule has 3 aromatic rings. The number of benzene rings is 3. The molecule has 4 N–H and O–H groups in total. The molecule has 1 fully saturated rings. The Balaban J connectivity index is 1.49. The van der Waals surface area contributed by atoms with E-state index in [4.69, 9.17) is 15.3 Å². The van der Waals surface area contributed by atoms with Crippen molar-refractivity contribution in [2.75, 3.05) is 11.5 Å². The summed E-state index contributed by atoms with van der Waals surface area (Å²) in [5.74, 6) is -4.92. The maximum atomic E-state index is 13.4. The van der Waals surface area contributed by atoms with Gasteiger partial charge in [-0.1, -0.05) is 48.5 Å². The van der Waals surface area contributed by atoms with Gasteiger partial charge in [0, 0.05) is 12.3 Å². The summed E-state index contributed by atoms with van der Waals surface area (Å²) in [5.41, 5.74) is 4.26. The van der Waals surface area contributed by atoms with Gasteiger partial charge in [-0.05, 0) is 91.5 Å². The maximum absolute atomic E-state index is 13.4. The molecule has 1 saturated heterocycles. The molecule has 0 aliphatic carbocycles. The van der Waals surface area contributed by atoms with Crippen LogP contribution in [-0.2, 0) is 27.2 Å². The fourth-order valence-corrected chi connectivity index (χ4v) is 5.54. The molecule has 1 amide bonds. The number of hydrogen-bond donors (Lipinski definition) is 4. The highest BCUT2D eigenvalue weighted by atomic mass is 19.1. The van der Waals surface area contributed by atoms with Crippen LogP contribution in [0.25, 0.3) is 0 Å².